The molecule has 2 bridgehead atoms. The maximum Gasteiger partial charge on any atom is 0.0786 e. The Kier molecular flexibility index (Phi) is 17.7. The molecule has 0 N–H and O–H groups in total. The average molecular weight is 953 g/mol. The second kappa shape index (κ2) is 25.0. The minimum absolute atomic E-state index is 0.0437. The molecule has 4 aliphatic carbocycles. The molecule has 73 heavy (non-hydrogen) atoms. The Morgan fingerprint density at radius 2 is 1.23 bits per heavy atom. The second-order valence-corrected chi connectivity index (χ2v) is 18.5. The number of allylic oxidation sites excluding steroid dienone is 18. The van der Waals surface area contributed by atoms with Gasteiger partial charge in [-0.05, 0) is 143 Å². The van der Waals surface area contributed by atoms with E-state index in [0.29, 0.717) is 5.92 Å². The van der Waals surface area contributed by atoms with Crippen molar-refractivity contribution in [3.8, 4) is 11.1 Å². The fourth-order valence-corrected chi connectivity index (χ4v) is 10.7. The first-order valence-corrected chi connectivity index (χ1v) is 26.7. The number of para-hydroxylation sites is 1. The number of anilines is 3. The van der Waals surface area contributed by atoms with Crippen LogP contribution in [0.2, 0.25) is 0 Å². The Morgan fingerprint density at radius 3 is 1.93 bits per heavy atom. The molecule has 6 aromatic carbocycles. The maximum atomic E-state index is 5.16. The molecule has 366 valence electrons. The van der Waals surface area contributed by atoms with Crippen molar-refractivity contribution in [2.75, 3.05) is 4.90 Å². The molecule has 2 nitrogen and oxygen atoms in total. The predicted molar refractivity (Wildman–Crippen MR) is 318 cm³/mol. The number of rotatable bonds is 13. The molecular formula is C71H72N2. The molecule has 0 radical (unpaired) electrons. The number of benzene rings is 6. The quantitative estimate of drug-likeness (QED) is 0.0832. The summed E-state index contributed by atoms with van der Waals surface area (Å²) in [6, 6.07) is 58.3. The zero-order valence-corrected chi connectivity index (χ0v) is 44.0. The van der Waals surface area contributed by atoms with Gasteiger partial charge < -0.3 is 4.90 Å². The van der Waals surface area contributed by atoms with Gasteiger partial charge in [-0.25, -0.2) is 0 Å². The van der Waals surface area contributed by atoms with Gasteiger partial charge in [-0.15, -0.1) is 0 Å². The van der Waals surface area contributed by atoms with Gasteiger partial charge >= 0.3 is 0 Å². The molecule has 0 heterocycles. The number of aliphatic imine (C=N–C) groups is 1. The predicted octanol–water partition coefficient (Wildman–Crippen LogP) is 19.6. The molecule has 10 rings (SSSR count). The van der Waals surface area contributed by atoms with Crippen molar-refractivity contribution in [3.63, 3.8) is 0 Å². The lowest BCUT2D eigenvalue weighted by atomic mass is 9.63. The van der Waals surface area contributed by atoms with Crippen molar-refractivity contribution >= 4 is 28.8 Å². The van der Waals surface area contributed by atoms with Crippen molar-refractivity contribution < 1.29 is 0 Å². The number of hydrogen-bond donors (Lipinski definition) is 0. The third-order valence-electron chi connectivity index (χ3n) is 14.1. The lowest BCUT2D eigenvalue weighted by molar-refractivity contribution is 0.675. The van der Waals surface area contributed by atoms with Crippen LogP contribution in [0.3, 0.4) is 0 Å². The summed E-state index contributed by atoms with van der Waals surface area (Å²) in [5, 5.41) is 0. The fourth-order valence-electron chi connectivity index (χ4n) is 10.7. The van der Waals surface area contributed by atoms with E-state index < -0.39 is 5.41 Å². The van der Waals surface area contributed by atoms with E-state index in [-0.39, 0.29) is 12.0 Å². The van der Waals surface area contributed by atoms with Gasteiger partial charge in [-0.2, -0.15) is 0 Å². The van der Waals surface area contributed by atoms with Gasteiger partial charge in [-0.3, -0.25) is 4.99 Å². The Morgan fingerprint density at radius 1 is 0.616 bits per heavy atom. The molecule has 0 spiro atoms. The fraction of sp³-hybridized carbons (Fsp3) is 0.197. The van der Waals surface area contributed by atoms with Gasteiger partial charge in [0.1, 0.15) is 0 Å². The van der Waals surface area contributed by atoms with E-state index in [4.69, 9.17) is 4.99 Å². The zero-order valence-electron chi connectivity index (χ0n) is 44.0. The number of hydrogen-bond acceptors (Lipinski definition) is 2. The molecule has 0 aromatic heterocycles. The third kappa shape index (κ3) is 11.2. The van der Waals surface area contributed by atoms with E-state index in [2.05, 4.69) is 236 Å². The molecule has 2 heteroatoms. The van der Waals surface area contributed by atoms with Crippen LogP contribution < -0.4 is 4.90 Å². The van der Waals surface area contributed by atoms with Gasteiger partial charge in [0.15, 0.2) is 0 Å². The largest absolute Gasteiger partial charge is 0.311 e. The molecule has 0 saturated carbocycles. The highest BCUT2D eigenvalue weighted by Gasteiger charge is 2.48. The summed E-state index contributed by atoms with van der Waals surface area (Å²) in [5.74, 6) is 0.370. The van der Waals surface area contributed by atoms with E-state index in [1.165, 1.54) is 66.8 Å². The van der Waals surface area contributed by atoms with Crippen LogP contribution in [-0.4, -0.2) is 12.3 Å². The van der Waals surface area contributed by atoms with Gasteiger partial charge in [0.2, 0.25) is 0 Å². The Balaban J connectivity index is 0.00000174. The van der Waals surface area contributed by atoms with Crippen LogP contribution in [-0.2, 0) is 5.41 Å². The van der Waals surface area contributed by atoms with E-state index >= 15 is 0 Å². The monoisotopic (exact) mass is 953 g/mol. The summed E-state index contributed by atoms with van der Waals surface area (Å²) < 4.78 is 0. The molecule has 4 aliphatic rings. The van der Waals surface area contributed by atoms with Crippen LogP contribution in [0.5, 0.6) is 0 Å². The van der Waals surface area contributed by atoms with Gasteiger partial charge in [-0.1, -0.05) is 247 Å². The highest BCUT2D eigenvalue weighted by Crippen LogP contribution is 2.58. The minimum atomic E-state index is -0.551. The summed E-state index contributed by atoms with van der Waals surface area (Å²) in [6.45, 7) is 14.3. The van der Waals surface area contributed by atoms with E-state index in [0.717, 1.165) is 36.3 Å². The summed E-state index contributed by atoms with van der Waals surface area (Å²) in [4.78, 5) is 7.50. The lowest BCUT2D eigenvalue weighted by Crippen LogP contribution is -2.32. The Hall–Kier alpha value is -7.81. The topological polar surface area (TPSA) is 15.6 Å². The first-order chi connectivity index (χ1) is 36.0. The Labute approximate surface area is 437 Å². The van der Waals surface area contributed by atoms with Crippen LogP contribution in [0.15, 0.2) is 276 Å². The standard InChI is InChI=1S/C67H60N2.2C2H6/c1-4-6-8-20-44-68-66-43-38-57(48-62(66)55-24-12-9-13-25-55)67(64-29-19-18-28-61(64)63-46-50-22-16-17-23-51(45-50)47-65(63)67)56-36-30-53(31-37-56)54-34-41-60(42-35-54)69(58-26-14-10-15-27-58)59-39-32-52(33-40-59)49(3)21-11-7-5-2;2*1-2/h4-16,18-22,24-44,46-49,62,66H,17,23,45H2,1-3H3;2*1-2H3/b6-4-,7-5-,20-8-,21-11-,68-44?;;. The minimum Gasteiger partial charge on any atom is -0.311 e. The van der Waals surface area contributed by atoms with Gasteiger partial charge in [0, 0.05) is 29.2 Å². The van der Waals surface area contributed by atoms with Crippen molar-refractivity contribution in [2.24, 2.45) is 4.99 Å². The van der Waals surface area contributed by atoms with Crippen molar-refractivity contribution in [3.05, 3.63) is 299 Å². The third-order valence-corrected chi connectivity index (χ3v) is 14.1. The summed E-state index contributed by atoms with van der Waals surface area (Å²) in [7, 11) is 0. The van der Waals surface area contributed by atoms with E-state index in [9.17, 15) is 0 Å². The number of nitrogens with zero attached hydrogens (tertiary/aromatic N) is 2. The lowest BCUT2D eigenvalue weighted by Gasteiger charge is -2.39. The van der Waals surface area contributed by atoms with Crippen molar-refractivity contribution in [1.82, 2.24) is 0 Å². The Bertz CT molecular complexity index is 3130. The van der Waals surface area contributed by atoms with Gasteiger partial charge in [0.05, 0.1) is 11.5 Å². The normalized spacial score (nSPS) is 19.4. The van der Waals surface area contributed by atoms with Crippen molar-refractivity contribution in [1.29, 1.82) is 0 Å². The highest BCUT2D eigenvalue weighted by molar-refractivity contribution is 5.94. The molecule has 0 amide bonds. The van der Waals surface area contributed by atoms with Gasteiger partial charge in [0.25, 0.3) is 0 Å². The first kappa shape index (κ1) is 51.5. The molecular weight excluding hydrogens is 881 g/mol. The molecule has 0 saturated heterocycles. The van der Waals surface area contributed by atoms with Crippen molar-refractivity contribution in [2.45, 2.75) is 91.0 Å². The summed E-state index contributed by atoms with van der Waals surface area (Å²) in [6.07, 6.45) is 38.8. The van der Waals surface area contributed by atoms with Crippen LogP contribution in [0.4, 0.5) is 17.1 Å². The first-order valence-electron chi connectivity index (χ1n) is 26.7. The number of fused-ring (bicyclic) bond motifs is 4. The molecule has 6 aromatic rings. The SMILES string of the molecule is C/C=C\C=C/C=NC1C=CC(C2(c3ccc(-c4ccc(N(c5ccccc5)c5ccc(C(C)/C=C\C=C/C)cc5)cc4)cc3)C3=C(C=C4C=CCCC(=C3)C4)c3ccccc32)=CC1c1ccccc1.CC.CC. The summed E-state index contributed by atoms with van der Waals surface area (Å²) in [5.41, 5.74) is 18.5. The van der Waals surface area contributed by atoms with E-state index in [1.54, 1.807) is 0 Å². The van der Waals surface area contributed by atoms with Crippen LogP contribution in [0.1, 0.15) is 107 Å². The molecule has 0 aliphatic heterocycles. The average Bonchev–Trinajstić information content (AvgIpc) is 3.60. The zero-order chi connectivity index (χ0) is 51.0. The smallest absolute Gasteiger partial charge is 0.0786 e. The van der Waals surface area contributed by atoms with Crippen LogP contribution >= 0.6 is 0 Å². The molecule has 0 fully saturated rings. The molecule has 4 atom stereocenters. The second-order valence-electron chi connectivity index (χ2n) is 18.5. The highest BCUT2D eigenvalue weighted by atomic mass is 15.1. The molecule has 4 unspecified atom stereocenters. The van der Waals surface area contributed by atoms with Crippen LogP contribution in [0, 0.1) is 0 Å². The van der Waals surface area contributed by atoms with E-state index in [1.807, 2.05) is 72.1 Å². The maximum absolute atomic E-state index is 5.16. The summed E-state index contributed by atoms with van der Waals surface area (Å²) >= 11 is 0. The van der Waals surface area contributed by atoms with Crippen LogP contribution in [0.25, 0.3) is 16.7 Å².